The van der Waals surface area contributed by atoms with Gasteiger partial charge in [0.2, 0.25) is 10.0 Å². The lowest BCUT2D eigenvalue weighted by atomic mass is 10.0. The number of ether oxygens (including phenoxy) is 2. The number of carbonyl (C=O) groups excluding carboxylic acids is 1. The Morgan fingerprint density at radius 1 is 1.21 bits per heavy atom. The predicted molar refractivity (Wildman–Crippen MR) is 111 cm³/mol. The lowest BCUT2D eigenvalue weighted by molar-refractivity contribution is 0.0740. The monoisotopic (exact) mass is 436 g/mol. The molecule has 1 saturated heterocycles. The van der Waals surface area contributed by atoms with E-state index in [1.165, 1.54) is 11.3 Å². The summed E-state index contributed by atoms with van der Waals surface area (Å²) in [4.78, 5) is 16.7. The molecule has 7 nitrogen and oxygen atoms in total. The molecule has 29 heavy (non-hydrogen) atoms. The number of nitrogens with one attached hydrogen (secondary N) is 1. The quantitative estimate of drug-likeness (QED) is 0.752. The van der Waals surface area contributed by atoms with Crippen LogP contribution in [0.25, 0.3) is 0 Å². The lowest BCUT2D eigenvalue weighted by Crippen LogP contribution is -2.30. The number of benzene rings is 1. The number of carbonyl (C=O) groups is 1. The Balaban J connectivity index is 1.45. The number of hydrogen-bond donors (Lipinski definition) is 1. The zero-order valence-electron chi connectivity index (χ0n) is 16.2. The highest BCUT2D eigenvalue weighted by atomic mass is 32.2. The van der Waals surface area contributed by atoms with Crippen molar-refractivity contribution in [3.8, 4) is 11.5 Å². The average molecular weight is 437 g/mol. The standard InChI is InChI=1S/C20H24N2O5S2/c1-29(24,25)21-9-8-15-5-7-19(28-15)20(23)22-10-2-3-16(22)14-4-6-17-18(13-14)27-12-11-26-17/h4-7,13,16,21H,2-3,8-12H2,1H3/t16-/m0/s1. The number of rotatable bonds is 6. The molecule has 1 amide bonds. The number of amides is 1. The molecule has 0 aliphatic carbocycles. The molecule has 0 radical (unpaired) electrons. The molecule has 2 aliphatic heterocycles. The van der Waals surface area contributed by atoms with Gasteiger partial charge in [0.05, 0.1) is 17.2 Å². The highest BCUT2D eigenvalue weighted by molar-refractivity contribution is 7.88. The van der Waals surface area contributed by atoms with Crippen molar-refractivity contribution < 1.29 is 22.7 Å². The highest BCUT2D eigenvalue weighted by Gasteiger charge is 2.32. The Hall–Kier alpha value is -2.10. The maximum Gasteiger partial charge on any atom is 0.264 e. The van der Waals surface area contributed by atoms with Gasteiger partial charge in [-0.15, -0.1) is 11.3 Å². The number of nitrogens with zero attached hydrogens (tertiary/aromatic N) is 1. The summed E-state index contributed by atoms with van der Waals surface area (Å²) in [6.45, 7) is 2.15. The molecule has 4 rings (SSSR count). The first-order chi connectivity index (χ1) is 13.9. The van der Waals surface area contributed by atoms with Gasteiger partial charge in [-0.05, 0) is 49.1 Å². The minimum atomic E-state index is -3.20. The van der Waals surface area contributed by atoms with Gasteiger partial charge in [0, 0.05) is 18.0 Å². The van der Waals surface area contributed by atoms with Gasteiger partial charge in [-0.1, -0.05) is 6.07 Å². The van der Waals surface area contributed by atoms with Gasteiger partial charge in [-0.25, -0.2) is 13.1 Å². The van der Waals surface area contributed by atoms with Crippen molar-refractivity contribution in [2.75, 3.05) is 32.6 Å². The van der Waals surface area contributed by atoms with E-state index in [1.807, 2.05) is 35.2 Å². The van der Waals surface area contributed by atoms with Gasteiger partial charge in [0.25, 0.3) is 5.91 Å². The molecule has 2 aliphatic rings. The zero-order valence-corrected chi connectivity index (χ0v) is 17.9. The predicted octanol–water partition coefficient (Wildman–Crippen LogP) is 2.59. The molecule has 1 atom stereocenters. The zero-order chi connectivity index (χ0) is 20.4. The Morgan fingerprint density at radius 3 is 2.79 bits per heavy atom. The number of fused-ring (bicyclic) bond motifs is 1. The summed E-state index contributed by atoms with van der Waals surface area (Å²) in [5.74, 6) is 1.51. The van der Waals surface area contributed by atoms with Crippen LogP contribution in [0.2, 0.25) is 0 Å². The van der Waals surface area contributed by atoms with E-state index < -0.39 is 10.0 Å². The molecule has 0 bridgehead atoms. The summed E-state index contributed by atoms with van der Waals surface area (Å²) in [6.07, 6.45) is 3.58. The van der Waals surface area contributed by atoms with Crippen molar-refractivity contribution in [2.45, 2.75) is 25.3 Å². The van der Waals surface area contributed by atoms with Crippen LogP contribution in [0.4, 0.5) is 0 Å². The highest BCUT2D eigenvalue weighted by Crippen LogP contribution is 2.39. The maximum atomic E-state index is 13.1. The SMILES string of the molecule is CS(=O)(=O)NCCc1ccc(C(=O)N2CCC[C@H]2c2ccc3c(c2)OCCO3)s1. The largest absolute Gasteiger partial charge is 0.486 e. The van der Waals surface area contributed by atoms with E-state index >= 15 is 0 Å². The van der Waals surface area contributed by atoms with Crippen LogP contribution < -0.4 is 14.2 Å². The summed E-state index contributed by atoms with van der Waals surface area (Å²) in [5.41, 5.74) is 1.06. The molecule has 9 heteroatoms. The van der Waals surface area contributed by atoms with Gasteiger partial charge in [-0.2, -0.15) is 0 Å². The normalized spacial score (nSPS) is 18.8. The molecule has 0 spiro atoms. The van der Waals surface area contributed by atoms with E-state index in [4.69, 9.17) is 9.47 Å². The van der Waals surface area contributed by atoms with Gasteiger partial charge >= 0.3 is 0 Å². The second-order valence-corrected chi connectivity index (χ2v) is 10.2. The molecule has 1 N–H and O–H groups in total. The van der Waals surface area contributed by atoms with Crippen LogP contribution in [0.1, 0.15) is 39.0 Å². The number of sulfonamides is 1. The van der Waals surface area contributed by atoms with Crippen molar-refractivity contribution in [3.63, 3.8) is 0 Å². The fourth-order valence-electron chi connectivity index (χ4n) is 3.75. The van der Waals surface area contributed by atoms with Crippen molar-refractivity contribution in [3.05, 3.63) is 45.6 Å². The lowest BCUT2D eigenvalue weighted by Gasteiger charge is -2.26. The van der Waals surface area contributed by atoms with Gasteiger partial charge in [0.1, 0.15) is 13.2 Å². The summed E-state index contributed by atoms with van der Waals surface area (Å²) in [7, 11) is -3.20. The summed E-state index contributed by atoms with van der Waals surface area (Å²) in [6, 6.07) is 9.68. The Morgan fingerprint density at radius 2 is 2.00 bits per heavy atom. The van der Waals surface area contributed by atoms with E-state index in [-0.39, 0.29) is 11.9 Å². The second-order valence-electron chi connectivity index (χ2n) is 7.24. The summed E-state index contributed by atoms with van der Waals surface area (Å²) in [5, 5.41) is 0. The van der Waals surface area contributed by atoms with E-state index in [2.05, 4.69) is 4.72 Å². The topological polar surface area (TPSA) is 84.9 Å². The molecule has 3 heterocycles. The van der Waals surface area contributed by atoms with E-state index in [9.17, 15) is 13.2 Å². The van der Waals surface area contributed by atoms with Crippen LogP contribution in [0, 0.1) is 0 Å². The molecular formula is C20H24N2O5S2. The molecule has 0 unspecified atom stereocenters. The number of likely N-dealkylation sites (tertiary alicyclic amines) is 1. The first kappa shape index (κ1) is 20.2. The van der Waals surface area contributed by atoms with Crippen molar-refractivity contribution >= 4 is 27.3 Å². The third kappa shape index (κ3) is 4.73. The number of hydrogen-bond acceptors (Lipinski definition) is 6. The summed E-state index contributed by atoms with van der Waals surface area (Å²) < 4.78 is 36.1. The van der Waals surface area contributed by atoms with Crippen molar-refractivity contribution in [2.24, 2.45) is 0 Å². The van der Waals surface area contributed by atoms with Gasteiger partial charge in [0.15, 0.2) is 11.5 Å². The average Bonchev–Trinajstić information content (AvgIpc) is 3.36. The second kappa shape index (κ2) is 8.33. The Kier molecular flexibility index (Phi) is 5.80. The Labute approximate surface area is 174 Å². The number of thiophene rings is 1. The fourth-order valence-corrected chi connectivity index (χ4v) is 5.19. The summed E-state index contributed by atoms with van der Waals surface area (Å²) >= 11 is 1.43. The molecule has 0 saturated carbocycles. The molecule has 2 aromatic rings. The van der Waals surface area contributed by atoms with Gasteiger partial charge in [-0.3, -0.25) is 4.79 Å². The molecule has 1 aromatic carbocycles. The van der Waals surface area contributed by atoms with Crippen LogP contribution in [0.15, 0.2) is 30.3 Å². The van der Waals surface area contributed by atoms with E-state index in [0.717, 1.165) is 47.6 Å². The molecule has 1 aromatic heterocycles. The third-order valence-electron chi connectivity index (χ3n) is 5.07. The van der Waals surface area contributed by atoms with E-state index in [1.54, 1.807) is 0 Å². The maximum absolute atomic E-state index is 13.1. The van der Waals surface area contributed by atoms with Crippen LogP contribution in [-0.2, 0) is 16.4 Å². The van der Waals surface area contributed by atoms with Crippen LogP contribution >= 0.6 is 11.3 Å². The van der Waals surface area contributed by atoms with Crippen molar-refractivity contribution in [1.29, 1.82) is 0 Å². The smallest absolute Gasteiger partial charge is 0.264 e. The minimum Gasteiger partial charge on any atom is -0.486 e. The van der Waals surface area contributed by atoms with Crippen LogP contribution in [0.3, 0.4) is 0 Å². The van der Waals surface area contributed by atoms with Crippen molar-refractivity contribution in [1.82, 2.24) is 9.62 Å². The molecule has 1 fully saturated rings. The first-order valence-electron chi connectivity index (χ1n) is 9.64. The van der Waals surface area contributed by atoms with Crippen LogP contribution in [0.5, 0.6) is 11.5 Å². The molecule has 156 valence electrons. The van der Waals surface area contributed by atoms with Gasteiger partial charge < -0.3 is 14.4 Å². The van der Waals surface area contributed by atoms with E-state index in [0.29, 0.717) is 31.1 Å². The fraction of sp³-hybridized carbons (Fsp3) is 0.450. The third-order valence-corrected chi connectivity index (χ3v) is 6.93. The minimum absolute atomic E-state index is 0.0229. The first-order valence-corrected chi connectivity index (χ1v) is 12.4. The van der Waals surface area contributed by atoms with Crippen LogP contribution in [-0.4, -0.2) is 51.8 Å². The molecular weight excluding hydrogens is 412 g/mol. The Bertz CT molecular complexity index is 1000.